The molecule has 1 aliphatic rings. The lowest BCUT2D eigenvalue weighted by Gasteiger charge is -2.33. The number of para-hydroxylation sites is 2. The van der Waals surface area contributed by atoms with Crippen LogP contribution in [0, 0.1) is 5.92 Å². The molecule has 8 heteroatoms. The monoisotopic (exact) mass is 357 g/mol. The molecule has 2 amide bonds. The fraction of sp³-hybridized carbons (Fsp3) is 0.444. The topological polar surface area (TPSA) is 89.4 Å². The van der Waals surface area contributed by atoms with Crippen molar-refractivity contribution in [1.29, 1.82) is 0 Å². The van der Waals surface area contributed by atoms with Crippen molar-refractivity contribution in [3.63, 3.8) is 0 Å². The quantitative estimate of drug-likeness (QED) is 0.880. The van der Waals surface area contributed by atoms with E-state index >= 15 is 0 Å². The number of aromatic nitrogens is 3. The van der Waals surface area contributed by atoms with Gasteiger partial charge in [-0.1, -0.05) is 12.1 Å². The molecule has 2 heterocycles. The molecule has 0 unspecified atom stereocenters. The molecular weight excluding hydrogens is 334 g/mol. The summed E-state index contributed by atoms with van der Waals surface area (Å²) in [5.74, 6) is 0.478. The predicted octanol–water partition coefficient (Wildman–Crippen LogP) is 1.73. The second-order valence-electron chi connectivity index (χ2n) is 6.34. The van der Waals surface area contributed by atoms with Gasteiger partial charge in [0.1, 0.15) is 24.4 Å². The molecule has 1 N–H and O–H groups in total. The zero-order valence-electron chi connectivity index (χ0n) is 15.0. The van der Waals surface area contributed by atoms with Gasteiger partial charge in [0, 0.05) is 19.0 Å². The number of piperidine rings is 1. The summed E-state index contributed by atoms with van der Waals surface area (Å²) in [5, 5.41) is 6.95. The van der Waals surface area contributed by atoms with Gasteiger partial charge in [-0.15, -0.1) is 0 Å². The lowest BCUT2D eigenvalue weighted by molar-refractivity contribution is -0.137. The van der Waals surface area contributed by atoms with E-state index in [4.69, 9.17) is 4.74 Å². The van der Waals surface area contributed by atoms with Crippen LogP contribution >= 0.6 is 0 Å². The summed E-state index contributed by atoms with van der Waals surface area (Å²) in [4.78, 5) is 30.8. The van der Waals surface area contributed by atoms with Crippen LogP contribution in [0.5, 0.6) is 5.75 Å². The van der Waals surface area contributed by atoms with Crippen LogP contribution in [0.15, 0.2) is 36.9 Å². The molecule has 1 saturated heterocycles. The van der Waals surface area contributed by atoms with Gasteiger partial charge in [0.25, 0.3) is 0 Å². The van der Waals surface area contributed by atoms with Crippen LogP contribution in [-0.4, -0.2) is 51.7 Å². The average Bonchev–Trinajstić information content (AvgIpc) is 3.22. The van der Waals surface area contributed by atoms with Crippen molar-refractivity contribution in [2.24, 2.45) is 5.92 Å². The Morgan fingerprint density at radius 1 is 1.27 bits per heavy atom. The number of benzene rings is 1. The molecule has 1 aliphatic heterocycles. The van der Waals surface area contributed by atoms with Crippen LogP contribution in [-0.2, 0) is 9.59 Å². The molecule has 1 fully saturated rings. The first-order chi connectivity index (χ1) is 12.6. The van der Waals surface area contributed by atoms with Crippen molar-refractivity contribution in [2.75, 3.05) is 25.5 Å². The third-order valence-corrected chi connectivity index (χ3v) is 4.73. The number of anilines is 1. The third kappa shape index (κ3) is 3.84. The van der Waals surface area contributed by atoms with Gasteiger partial charge in [0.05, 0.1) is 12.8 Å². The van der Waals surface area contributed by atoms with Crippen LogP contribution < -0.4 is 10.1 Å². The van der Waals surface area contributed by atoms with Crippen LogP contribution in [0.4, 0.5) is 5.69 Å². The summed E-state index contributed by atoms with van der Waals surface area (Å²) in [6.45, 7) is 2.92. The number of carbonyl (C=O) groups excluding carboxylic acids is 2. The summed E-state index contributed by atoms with van der Waals surface area (Å²) in [6, 6.07) is 6.94. The molecule has 1 atom stereocenters. The number of nitrogens with zero attached hydrogens (tertiary/aromatic N) is 4. The Bertz CT molecular complexity index is 754. The van der Waals surface area contributed by atoms with Gasteiger partial charge in [-0.25, -0.2) is 9.67 Å². The summed E-state index contributed by atoms with van der Waals surface area (Å²) >= 11 is 0. The van der Waals surface area contributed by atoms with E-state index in [1.54, 1.807) is 23.6 Å². The average molecular weight is 357 g/mol. The van der Waals surface area contributed by atoms with Gasteiger partial charge < -0.3 is 15.0 Å². The van der Waals surface area contributed by atoms with Gasteiger partial charge in [0.15, 0.2) is 0 Å². The molecule has 1 aromatic carbocycles. The molecular formula is C18H23N5O3. The summed E-state index contributed by atoms with van der Waals surface area (Å²) in [6.07, 6.45) is 4.22. The highest BCUT2D eigenvalue weighted by Crippen LogP contribution is 2.26. The number of carbonyl (C=O) groups is 2. The van der Waals surface area contributed by atoms with Crippen molar-refractivity contribution >= 4 is 17.5 Å². The number of rotatable bonds is 5. The Kier molecular flexibility index (Phi) is 5.50. The zero-order valence-corrected chi connectivity index (χ0v) is 15.0. The SMILES string of the molecule is COc1ccccc1NC(=O)C1CCN(C(=O)[C@@H](C)n2cncn2)CC1. The first-order valence-corrected chi connectivity index (χ1v) is 8.67. The van der Waals surface area contributed by atoms with Crippen molar-refractivity contribution in [2.45, 2.75) is 25.8 Å². The van der Waals surface area contributed by atoms with E-state index in [9.17, 15) is 9.59 Å². The Morgan fingerprint density at radius 3 is 2.65 bits per heavy atom. The number of hydrogen-bond donors (Lipinski definition) is 1. The largest absolute Gasteiger partial charge is 0.495 e. The van der Waals surface area contributed by atoms with Gasteiger partial charge in [-0.2, -0.15) is 5.10 Å². The summed E-state index contributed by atoms with van der Waals surface area (Å²) in [5.41, 5.74) is 0.665. The highest BCUT2D eigenvalue weighted by atomic mass is 16.5. The van der Waals surface area contributed by atoms with E-state index in [1.165, 1.54) is 12.7 Å². The smallest absolute Gasteiger partial charge is 0.247 e. The fourth-order valence-corrected chi connectivity index (χ4v) is 3.14. The van der Waals surface area contributed by atoms with Crippen molar-refractivity contribution < 1.29 is 14.3 Å². The lowest BCUT2D eigenvalue weighted by Crippen LogP contribution is -2.44. The molecule has 3 rings (SSSR count). The second kappa shape index (κ2) is 7.99. The maximum Gasteiger partial charge on any atom is 0.247 e. The van der Waals surface area contributed by atoms with Crippen molar-refractivity contribution in [3.8, 4) is 5.75 Å². The number of methoxy groups -OCH3 is 1. The molecule has 26 heavy (non-hydrogen) atoms. The molecule has 2 aromatic rings. The minimum Gasteiger partial charge on any atom is -0.495 e. The Morgan fingerprint density at radius 2 is 2.00 bits per heavy atom. The minimum atomic E-state index is -0.392. The lowest BCUT2D eigenvalue weighted by atomic mass is 9.95. The van der Waals surface area contributed by atoms with Crippen LogP contribution in [0.1, 0.15) is 25.8 Å². The molecule has 138 valence electrons. The van der Waals surface area contributed by atoms with Gasteiger partial charge in [0.2, 0.25) is 11.8 Å². The highest BCUT2D eigenvalue weighted by Gasteiger charge is 2.30. The number of nitrogens with one attached hydrogen (secondary N) is 1. The summed E-state index contributed by atoms with van der Waals surface area (Å²) < 4.78 is 6.81. The third-order valence-electron chi connectivity index (χ3n) is 4.73. The molecule has 0 bridgehead atoms. The maximum absolute atomic E-state index is 12.6. The first kappa shape index (κ1) is 17.9. The molecule has 1 aromatic heterocycles. The Labute approximate surface area is 152 Å². The molecule has 0 saturated carbocycles. The zero-order chi connectivity index (χ0) is 18.5. The van der Waals surface area contributed by atoms with E-state index in [-0.39, 0.29) is 17.7 Å². The van der Waals surface area contributed by atoms with E-state index in [1.807, 2.05) is 24.3 Å². The van der Waals surface area contributed by atoms with Crippen molar-refractivity contribution in [3.05, 3.63) is 36.9 Å². The van der Waals surface area contributed by atoms with Crippen molar-refractivity contribution in [1.82, 2.24) is 19.7 Å². The molecule has 8 nitrogen and oxygen atoms in total. The van der Waals surface area contributed by atoms with Gasteiger partial charge in [-0.3, -0.25) is 9.59 Å². The maximum atomic E-state index is 12.6. The van der Waals surface area contributed by atoms with Gasteiger partial charge >= 0.3 is 0 Å². The number of hydrogen-bond acceptors (Lipinski definition) is 5. The normalized spacial score (nSPS) is 16.2. The predicted molar refractivity (Wildman–Crippen MR) is 95.7 cm³/mol. The summed E-state index contributed by atoms with van der Waals surface area (Å²) in [7, 11) is 1.57. The van der Waals surface area contributed by atoms with E-state index in [0.717, 1.165) is 0 Å². The van der Waals surface area contributed by atoms with E-state index in [2.05, 4.69) is 15.4 Å². The van der Waals surface area contributed by atoms with Crippen LogP contribution in [0.25, 0.3) is 0 Å². The number of ether oxygens (including phenoxy) is 1. The van der Waals surface area contributed by atoms with E-state index in [0.29, 0.717) is 37.4 Å². The molecule has 0 spiro atoms. The first-order valence-electron chi connectivity index (χ1n) is 8.67. The second-order valence-corrected chi connectivity index (χ2v) is 6.34. The molecule has 0 radical (unpaired) electrons. The fourth-order valence-electron chi connectivity index (χ4n) is 3.14. The van der Waals surface area contributed by atoms with E-state index < -0.39 is 6.04 Å². The van der Waals surface area contributed by atoms with Gasteiger partial charge in [-0.05, 0) is 31.9 Å². The number of likely N-dealkylation sites (tertiary alicyclic amines) is 1. The van der Waals surface area contributed by atoms with Crippen LogP contribution in [0.3, 0.4) is 0 Å². The standard InChI is InChI=1S/C18H23N5O3/c1-13(23-12-19-11-20-23)18(25)22-9-7-14(8-10-22)17(24)21-15-5-3-4-6-16(15)26-2/h3-6,11-14H,7-10H2,1-2H3,(H,21,24)/t13-/m1/s1. The minimum absolute atomic E-state index is 0.000846. The highest BCUT2D eigenvalue weighted by molar-refractivity contribution is 5.94. The molecule has 0 aliphatic carbocycles. The number of amides is 2. The van der Waals surface area contributed by atoms with Crippen LogP contribution in [0.2, 0.25) is 0 Å². The Balaban J connectivity index is 1.54. The Hall–Kier alpha value is -2.90.